The van der Waals surface area contributed by atoms with Gasteiger partial charge >= 0.3 is 5.97 Å². The standard InChI is InChI=1S/C20H14O3/c21-19(13-10-14-6-2-1-3-7-14)17-11-12-18(20(22)23)16-9-5-4-8-15(16)17/h1-13H,(H,22,23). The summed E-state index contributed by atoms with van der Waals surface area (Å²) in [7, 11) is 0. The van der Waals surface area contributed by atoms with E-state index in [9.17, 15) is 14.7 Å². The average molecular weight is 302 g/mol. The maximum Gasteiger partial charge on any atom is 0.336 e. The van der Waals surface area contributed by atoms with E-state index in [2.05, 4.69) is 0 Å². The van der Waals surface area contributed by atoms with E-state index in [1.165, 1.54) is 12.1 Å². The highest BCUT2D eigenvalue weighted by Gasteiger charge is 2.13. The van der Waals surface area contributed by atoms with Crippen molar-refractivity contribution in [2.45, 2.75) is 0 Å². The van der Waals surface area contributed by atoms with Gasteiger partial charge in [0.15, 0.2) is 5.78 Å². The average Bonchev–Trinajstić information content (AvgIpc) is 2.59. The second kappa shape index (κ2) is 6.28. The van der Waals surface area contributed by atoms with Crippen molar-refractivity contribution in [3.8, 4) is 0 Å². The third-order valence-corrected chi connectivity index (χ3v) is 3.65. The number of hydrogen-bond acceptors (Lipinski definition) is 2. The summed E-state index contributed by atoms with van der Waals surface area (Å²) in [5.74, 6) is -1.15. The minimum absolute atomic E-state index is 0.151. The summed E-state index contributed by atoms with van der Waals surface area (Å²) in [5.41, 5.74) is 1.63. The quantitative estimate of drug-likeness (QED) is 0.573. The molecule has 3 heteroatoms. The summed E-state index contributed by atoms with van der Waals surface area (Å²) in [4.78, 5) is 23.8. The molecular weight excluding hydrogens is 288 g/mol. The molecule has 0 saturated heterocycles. The van der Waals surface area contributed by atoms with Crippen LogP contribution in [-0.4, -0.2) is 16.9 Å². The Morgan fingerprint density at radius 3 is 1.96 bits per heavy atom. The lowest BCUT2D eigenvalue weighted by Crippen LogP contribution is -2.02. The highest BCUT2D eigenvalue weighted by molar-refractivity contribution is 6.17. The fourth-order valence-electron chi connectivity index (χ4n) is 2.53. The number of carboxylic acid groups (broad SMARTS) is 1. The van der Waals surface area contributed by atoms with Crippen LogP contribution in [0, 0.1) is 0 Å². The van der Waals surface area contributed by atoms with Gasteiger partial charge in [0.1, 0.15) is 0 Å². The summed E-state index contributed by atoms with van der Waals surface area (Å²) < 4.78 is 0. The van der Waals surface area contributed by atoms with Crippen LogP contribution in [0.2, 0.25) is 0 Å². The molecule has 0 radical (unpaired) electrons. The number of carbonyl (C=O) groups is 2. The molecule has 1 N–H and O–H groups in total. The molecule has 0 aliphatic carbocycles. The Kier molecular flexibility index (Phi) is 4.02. The highest BCUT2D eigenvalue weighted by Crippen LogP contribution is 2.24. The van der Waals surface area contributed by atoms with E-state index < -0.39 is 5.97 Å². The summed E-state index contributed by atoms with van der Waals surface area (Å²) in [5, 5.41) is 10.5. The summed E-state index contributed by atoms with van der Waals surface area (Å²) in [6.45, 7) is 0. The largest absolute Gasteiger partial charge is 0.478 e. The molecule has 3 rings (SSSR count). The van der Waals surface area contributed by atoms with E-state index in [4.69, 9.17) is 0 Å². The number of fused-ring (bicyclic) bond motifs is 1. The Morgan fingerprint density at radius 1 is 0.739 bits per heavy atom. The molecule has 0 aliphatic rings. The van der Waals surface area contributed by atoms with E-state index >= 15 is 0 Å². The summed E-state index contributed by atoms with van der Waals surface area (Å²) in [6, 6.07) is 19.7. The highest BCUT2D eigenvalue weighted by atomic mass is 16.4. The Hall–Kier alpha value is -3.20. The monoisotopic (exact) mass is 302 g/mol. The van der Waals surface area contributed by atoms with E-state index in [0.717, 1.165) is 5.56 Å². The molecule has 0 aromatic heterocycles. The van der Waals surface area contributed by atoms with Crippen molar-refractivity contribution in [3.05, 3.63) is 89.5 Å². The SMILES string of the molecule is O=C(O)c1ccc(C(=O)C=Cc2ccccc2)c2ccccc12. The lowest BCUT2D eigenvalue weighted by Gasteiger charge is -2.06. The van der Waals surface area contributed by atoms with Crippen LogP contribution in [0.4, 0.5) is 0 Å². The van der Waals surface area contributed by atoms with Gasteiger partial charge in [0.05, 0.1) is 5.56 Å². The van der Waals surface area contributed by atoms with E-state index in [-0.39, 0.29) is 11.3 Å². The molecule has 3 aromatic rings. The molecule has 0 fully saturated rings. The van der Waals surface area contributed by atoms with Gasteiger partial charge in [-0.2, -0.15) is 0 Å². The first-order chi connectivity index (χ1) is 11.2. The lowest BCUT2D eigenvalue weighted by atomic mass is 9.97. The Labute approximate surface area is 133 Å². The van der Waals surface area contributed by atoms with Gasteiger partial charge in [-0.1, -0.05) is 60.7 Å². The first-order valence-electron chi connectivity index (χ1n) is 7.19. The molecule has 0 unspecified atom stereocenters. The predicted molar refractivity (Wildman–Crippen MR) is 90.7 cm³/mol. The topological polar surface area (TPSA) is 54.4 Å². The number of aromatic carboxylic acids is 1. The summed E-state index contributed by atoms with van der Waals surface area (Å²) in [6.07, 6.45) is 3.26. The van der Waals surface area contributed by atoms with Gasteiger partial charge in [-0.25, -0.2) is 4.79 Å². The predicted octanol–water partition coefficient (Wildman–Crippen LogP) is 4.43. The molecule has 0 spiro atoms. The van der Waals surface area contributed by atoms with Crippen LogP contribution in [-0.2, 0) is 0 Å². The van der Waals surface area contributed by atoms with Crippen molar-refractivity contribution in [1.82, 2.24) is 0 Å². The number of ketones is 1. The first kappa shape index (κ1) is 14.7. The fourth-order valence-corrected chi connectivity index (χ4v) is 2.53. The normalized spacial score (nSPS) is 11.0. The number of carboxylic acids is 1. The molecule has 0 amide bonds. The second-order valence-corrected chi connectivity index (χ2v) is 5.12. The first-order valence-corrected chi connectivity index (χ1v) is 7.19. The number of benzene rings is 3. The zero-order valence-corrected chi connectivity index (χ0v) is 12.3. The van der Waals surface area contributed by atoms with Crippen LogP contribution in [0.1, 0.15) is 26.3 Å². The molecule has 0 heterocycles. The second-order valence-electron chi connectivity index (χ2n) is 5.12. The van der Waals surface area contributed by atoms with Gasteiger partial charge in [-0.3, -0.25) is 4.79 Å². The van der Waals surface area contributed by atoms with Gasteiger partial charge in [0.2, 0.25) is 0 Å². The molecule has 0 bridgehead atoms. The van der Waals surface area contributed by atoms with Crippen molar-refractivity contribution in [2.75, 3.05) is 0 Å². The van der Waals surface area contributed by atoms with Crippen LogP contribution < -0.4 is 0 Å². The number of allylic oxidation sites excluding steroid dienone is 1. The summed E-state index contributed by atoms with van der Waals surface area (Å²) >= 11 is 0. The van der Waals surface area contributed by atoms with Crippen molar-refractivity contribution in [3.63, 3.8) is 0 Å². The molecule has 3 nitrogen and oxygen atoms in total. The van der Waals surface area contributed by atoms with Gasteiger partial charge in [0, 0.05) is 5.56 Å². The van der Waals surface area contributed by atoms with Gasteiger partial charge in [-0.15, -0.1) is 0 Å². The zero-order chi connectivity index (χ0) is 16.2. The van der Waals surface area contributed by atoms with Gasteiger partial charge in [-0.05, 0) is 34.5 Å². The smallest absolute Gasteiger partial charge is 0.336 e. The van der Waals surface area contributed by atoms with E-state index in [1.54, 1.807) is 36.4 Å². The maximum absolute atomic E-state index is 12.5. The number of hydrogen-bond donors (Lipinski definition) is 1. The fraction of sp³-hybridized carbons (Fsp3) is 0. The third kappa shape index (κ3) is 3.04. The van der Waals surface area contributed by atoms with Crippen LogP contribution in [0.5, 0.6) is 0 Å². The Bertz CT molecular complexity index is 909. The minimum Gasteiger partial charge on any atom is -0.478 e. The Morgan fingerprint density at radius 2 is 1.30 bits per heavy atom. The number of carbonyl (C=O) groups excluding carboxylic acids is 1. The molecule has 0 atom stereocenters. The maximum atomic E-state index is 12.5. The van der Waals surface area contributed by atoms with E-state index in [1.807, 2.05) is 30.3 Å². The molecule has 112 valence electrons. The molecule has 23 heavy (non-hydrogen) atoms. The Balaban J connectivity index is 2.03. The molecule has 0 saturated carbocycles. The third-order valence-electron chi connectivity index (χ3n) is 3.65. The van der Waals surface area contributed by atoms with Crippen molar-refractivity contribution < 1.29 is 14.7 Å². The van der Waals surface area contributed by atoms with E-state index in [0.29, 0.717) is 16.3 Å². The number of rotatable bonds is 4. The minimum atomic E-state index is -1.000. The van der Waals surface area contributed by atoms with Crippen LogP contribution >= 0.6 is 0 Å². The molecule has 3 aromatic carbocycles. The zero-order valence-electron chi connectivity index (χ0n) is 12.3. The lowest BCUT2D eigenvalue weighted by molar-refractivity contribution is 0.0698. The van der Waals surface area contributed by atoms with Crippen molar-refractivity contribution in [1.29, 1.82) is 0 Å². The molecular formula is C20H14O3. The van der Waals surface area contributed by atoms with Crippen molar-refractivity contribution in [2.24, 2.45) is 0 Å². The van der Waals surface area contributed by atoms with Crippen LogP contribution in [0.3, 0.4) is 0 Å². The molecule has 0 aliphatic heterocycles. The van der Waals surface area contributed by atoms with Crippen LogP contribution in [0.15, 0.2) is 72.8 Å². The van der Waals surface area contributed by atoms with Crippen molar-refractivity contribution >= 4 is 28.6 Å². The van der Waals surface area contributed by atoms with Crippen LogP contribution in [0.25, 0.3) is 16.8 Å². The van der Waals surface area contributed by atoms with Gasteiger partial charge < -0.3 is 5.11 Å². The van der Waals surface area contributed by atoms with Gasteiger partial charge in [0.25, 0.3) is 0 Å².